The van der Waals surface area contributed by atoms with Crippen LogP contribution in [-0.2, 0) is 4.74 Å². The summed E-state index contributed by atoms with van der Waals surface area (Å²) in [5.74, 6) is 1.08. The van der Waals surface area contributed by atoms with Crippen LogP contribution in [0.4, 0.5) is 5.82 Å². The Hall–Kier alpha value is -1.65. The van der Waals surface area contributed by atoms with Crippen molar-refractivity contribution in [2.75, 3.05) is 37.7 Å². The highest BCUT2D eigenvalue weighted by molar-refractivity contribution is 5.92. The van der Waals surface area contributed by atoms with Gasteiger partial charge in [-0.15, -0.1) is 0 Å². The molecule has 1 aromatic heterocycles. The van der Waals surface area contributed by atoms with Gasteiger partial charge in [0.1, 0.15) is 5.82 Å². The first-order valence-electron chi connectivity index (χ1n) is 7.79. The maximum absolute atomic E-state index is 5.67. The molecular weight excluding hydrogens is 262 g/mol. The molecular formula is C17H23N3O. The fraction of sp³-hybridized carbons (Fsp3) is 0.471. The van der Waals surface area contributed by atoms with Crippen LogP contribution in [0.1, 0.15) is 13.3 Å². The molecule has 0 aliphatic carbocycles. The SMILES string of the molecule is CCCNCC1COCCN1c1nccc2ccccc12. The topological polar surface area (TPSA) is 37.4 Å². The molecule has 21 heavy (non-hydrogen) atoms. The van der Waals surface area contributed by atoms with Gasteiger partial charge in [-0.1, -0.05) is 31.2 Å². The van der Waals surface area contributed by atoms with Gasteiger partial charge in [-0.3, -0.25) is 0 Å². The molecule has 1 aromatic carbocycles. The zero-order chi connectivity index (χ0) is 14.5. The number of anilines is 1. The number of benzene rings is 1. The molecule has 112 valence electrons. The van der Waals surface area contributed by atoms with Crippen molar-refractivity contribution >= 4 is 16.6 Å². The van der Waals surface area contributed by atoms with Crippen LogP contribution in [0, 0.1) is 0 Å². The van der Waals surface area contributed by atoms with Crippen LogP contribution in [0.2, 0.25) is 0 Å². The van der Waals surface area contributed by atoms with E-state index in [1.54, 1.807) is 0 Å². The van der Waals surface area contributed by atoms with Gasteiger partial charge in [0.25, 0.3) is 0 Å². The molecule has 1 saturated heterocycles. The molecule has 2 heterocycles. The van der Waals surface area contributed by atoms with Gasteiger partial charge < -0.3 is 15.0 Å². The number of nitrogens with one attached hydrogen (secondary N) is 1. The molecule has 3 rings (SSSR count). The van der Waals surface area contributed by atoms with Gasteiger partial charge >= 0.3 is 0 Å². The second-order valence-electron chi connectivity index (χ2n) is 5.48. The summed E-state index contributed by atoms with van der Waals surface area (Å²) in [5.41, 5.74) is 0. The lowest BCUT2D eigenvalue weighted by molar-refractivity contribution is 0.0935. The average molecular weight is 285 g/mol. The Morgan fingerprint density at radius 1 is 1.33 bits per heavy atom. The van der Waals surface area contributed by atoms with E-state index in [1.807, 2.05) is 6.20 Å². The molecule has 4 nitrogen and oxygen atoms in total. The molecule has 4 heteroatoms. The summed E-state index contributed by atoms with van der Waals surface area (Å²) in [4.78, 5) is 7.05. The van der Waals surface area contributed by atoms with E-state index in [0.29, 0.717) is 6.04 Å². The van der Waals surface area contributed by atoms with Crippen LogP contribution in [-0.4, -0.2) is 43.9 Å². The molecule has 0 bridgehead atoms. The van der Waals surface area contributed by atoms with Crippen molar-refractivity contribution in [3.8, 4) is 0 Å². The third-order valence-corrected chi connectivity index (χ3v) is 3.96. The summed E-state index contributed by atoms with van der Waals surface area (Å²) in [7, 11) is 0. The van der Waals surface area contributed by atoms with Gasteiger partial charge in [0, 0.05) is 24.7 Å². The Labute approximate surface area is 126 Å². The van der Waals surface area contributed by atoms with Gasteiger partial charge in [0.15, 0.2) is 0 Å². The number of morpholine rings is 1. The van der Waals surface area contributed by atoms with Crippen molar-refractivity contribution in [1.82, 2.24) is 10.3 Å². The summed E-state index contributed by atoms with van der Waals surface area (Å²) in [6, 6.07) is 10.9. The Morgan fingerprint density at radius 3 is 3.14 bits per heavy atom. The van der Waals surface area contributed by atoms with E-state index in [-0.39, 0.29) is 0 Å². The Kier molecular flexibility index (Phi) is 4.68. The number of hydrogen-bond acceptors (Lipinski definition) is 4. The summed E-state index contributed by atoms with van der Waals surface area (Å²) in [5, 5.41) is 5.97. The first-order chi connectivity index (χ1) is 10.4. The van der Waals surface area contributed by atoms with Gasteiger partial charge in [0.05, 0.1) is 19.3 Å². The highest BCUT2D eigenvalue weighted by Gasteiger charge is 2.25. The molecule has 0 spiro atoms. The van der Waals surface area contributed by atoms with Crippen LogP contribution < -0.4 is 10.2 Å². The van der Waals surface area contributed by atoms with Crippen LogP contribution >= 0.6 is 0 Å². The molecule has 0 saturated carbocycles. The third kappa shape index (κ3) is 3.17. The number of hydrogen-bond donors (Lipinski definition) is 1. The maximum Gasteiger partial charge on any atom is 0.136 e. The second kappa shape index (κ2) is 6.87. The lowest BCUT2D eigenvalue weighted by atomic mass is 10.1. The summed E-state index contributed by atoms with van der Waals surface area (Å²) in [6.07, 6.45) is 3.06. The van der Waals surface area contributed by atoms with Crippen LogP contribution in [0.25, 0.3) is 10.8 Å². The minimum absolute atomic E-state index is 0.351. The van der Waals surface area contributed by atoms with Crippen LogP contribution in [0.5, 0.6) is 0 Å². The first-order valence-corrected chi connectivity index (χ1v) is 7.79. The van der Waals surface area contributed by atoms with Crippen molar-refractivity contribution in [1.29, 1.82) is 0 Å². The fourth-order valence-electron chi connectivity index (χ4n) is 2.88. The van der Waals surface area contributed by atoms with E-state index in [0.717, 1.165) is 45.1 Å². The van der Waals surface area contributed by atoms with Crippen LogP contribution in [0.15, 0.2) is 36.5 Å². The van der Waals surface area contributed by atoms with Crippen molar-refractivity contribution in [3.63, 3.8) is 0 Å². The number of nitrogens with zero attached hydrogens (tertiary/aromatic N) is 2. The number of aromatic nitrogens is 1. The van der Waals surface area contributed by atoms with Gasteiger partial charge in [-0.05, 0) is 24.4 Å². The van der Waals surface area contributed by atoms with Gasteiger partial charge in [0.2, 0.25) is 0 Å². The van der Waals surface area contributed by atoms with E-state index in [1.165, 1.54) is 10.8 Å². The minimum atomic E-state index is 0.351. The van der Waals surface area contributed by atoms with E-state index in [2.05, 4.69) is 52.5 Å². The highest BCUT2D eigenvalue weighted by Crippen LogP contribution is 2.26. The molecule has 0 radical (unpaired) electrons. The second-order valence-corrected chi connectivity index (χ2v) is 5.48. The number of pyridine rings is 1. The Balaban J connectivity index is 1.87. The predicted octanol–water partition coefficient (Wildman–Crippen LogP) is 2.44. The predicted molar refractivity (Wildman–Crippen MR) is 86.9 cm³/mol. The smallest absolute Gasteiger partial charge is 0.136 e. The monoisotopic (exact) mass is 285 g/mol. The van der Waals surface area contributed by atoms with E-state index >= 15 is 0 Å². The van der Waals surface area contributed by atoms with Gasteiger partial charge in [-0.2, -0.15) is 0 Å². The molecule has 1 N–H and O–H groups in total. The minimum Gasteiger partial charge on any atom is -0.377 e. The van der Waals surface area contributed by atoms with E-state index < -0.39 is 0 Å². The molecule has 1 fully saturated rings. The van der Waals surface area contributed by atoms with Crippen molar-refractivity contribution < 1.29 is 4.74 Å². The number of rotatable bonds is 5. The van der Waals surface area contributed by atoms with E-state index in [9.17, 15) is 0 Å². The van der Waals surface area contributed by atoms with E-state index in [4.69, 9.17) is 4.74 Å². The molecule has 0 amide bonds. The third-order valence-electron chi connectivity index (χ3n) is 3.96. The lowest BCUT2D eigenvalue weighted by Crippen LogP contribution is -2.51. The van der Waals surface area contributed by atoms with Crippen molar-refractivity contribution in [2.45, 2.75) is 19.4 Å². The number of ether oxygens (including phenoxy) is 1. The average Bonchev–Trinajstić information content (AvgIpc) is 2.55. The molecule has 1 aliphatic rings. The summed E-state index contributed by atoms with van der Waals surface area (Å²) in [6.45, 7) is 6.62. The summed E-state index contributed by atoms with van der Waals surface area (Å²) >= 11 is 0. The first kappa shape index (κ1) is 14.3. The quantitative estimate of drug-likeness (QED) is 0.856. The molecule has 1 unspecified atom stereocenters. The normalized spacial score (nSPS) is 19.1. The standard InChI is InChI=1S/C17H23N3O/c1-2-8-18-12-15-13-21-11-10-20(15)17-16-6-4-3-5-14(16)7-9-19-17/h3-7,9,15,18H,2,8,10-13H2,1H3. The zero-order valence-corrected chi connectivity index (χ0v) is 12.6. The lowest BCUT2D eigenvalue weighted by Gasteiger charge is -2.37. The Bertz CT molecular complexity index is 582. The summed E-state index contributed by atoms with van der Waals surface area (Å²) < 4.78 is 5.67. The fourth-order valence-corrected chi connectivity index (χ4v) is 2.88. The highest BCUT2D eigenvalue weighted by atomic mass is 16.5. The Morgan fingerprint density at radius 2 is 2.24 bits per heavy atom. The maximum atomic E-state index is 5.67. The molecule has 1 aliphatic heterocycles. The molecule has 2 aromatic rings. The van der Waals surface area contributed by atoms with Crippen molar-refractivity contribution in [3.05, 3.63) is 36.5 Å². The van der Waals surface area contributed by atoms with Crippen LogP contribution in [0.3, 0.4) is 0 Å². The largest absolute Gasteiger partial charge is 0.377 e. The molecule has 1 atom stereocenters. The number of fused-ring (bicyclic) bond motifs is 1. The van der Waals surface area contributed by atoms with Gasteiger partial charge in [-0.25, -0.2) is 4.98 Å². The zero-order valence-electron chi connectivity index (χ0n) is 12.6. The van der Waals surface area contributed by atoms with Crippen molar-refractivity contribution in [2.24, 2.45) is 0 Å².